The summed E-state index contributed by atoms with van der Waals surface area (Å²) in [5, 5.41) is 0. The van der Waals surface area contributed by atoms with Gasteiger partial charge in [-0.05, 0) is 49.6 Å². The molecule has 6 nitrogen and oxygen atoms in total. The van der Waals surface area contributed by atoms with Crippen LogP contribution < -0.4 is 0 Å². The van der Waals surface area contributed by atoms with Gasteiger partial charge in [-0.15, -0.1) is 0 Å². The lowest BCUT2D eigenvalue weighted by Crippen LogP contribution is -2.38. The lowest BCUT2D eigenvalue weighted by atomic mass is 10.0. The molecule has 1 heterocycles. The zero-order valence-corrected chi connectivity index (χ0v) is 17.7. The fraction of sp³-hybridized carbons (Fsp3) is 0.409. The van der Waals surface area contributed by atoms with Crippen molar-refractivity contribution in [3.63, 3.8) is 0 Å². The lowest BCUT2D eigenvalue weighted by Gasteiger charge is -2.24. The monoisotopic (exact) mass is 402 g/mol. The molecule has 1 aromatic heterocycles. The Morgan fingerprint density at radius 2 is 1.72 bits per heavy atom. The minimum absolute atomic E-state index is 0.135. The normalized spacial score (nSPS) is 10.9. The van der Waals surface area contributed by atoms with Crippen LogP contribution in [0.2, 0.25) is 0 Å². The minimum atomic E-state index is -0.520. The van der Waals surface area contributed by atoms with E-state index in [4.69, 9.17) is 4.74 Å². The summed E-state index contributed by atoms with van der Waals surface area (Å²) in [6, 6.07) is 5.25. The second-order valence-corrected chi connectivity index (χ2v) is 7.49. The molecular weight excluding hydrogens is 375 g/mol. The first kappa shape index (κ1) is 22.3. The first-order valence-corrected chi connectivity index (χ1v) is 9.40. The fourth-order valence-corrected chi connectivity index (χ4v) is 3.46. The second-order valence-electron chi connectivity index (χ2n) is 7.49. The average molecular weight is 402 g/mol. The van der Waals surface area contributed by atoms with Gasteiger partial charge in [-0.25, -0.2) is 9.18 Å². The van der Waals surface area contributed by atoms with Crippen molar-refractivity contribution in [3.8, 4) is 0 Å². The highest BCUT2D eigenvalue weighted by atomic mass is 19.1. The highest BCUT2D eigenvalue weighted by molar-refractivity contribution is 6.06. The van der Waals surface area contributed by atoms with Crippen LogP contribution in [0.15, 0.2) is 24.3 Å². The number of carbonyl (C=O) groups excluding carboxylic acids is 3. The van der Waals surface area contributed by atoms with Gasteiger partial charge in [-0.3, -0.25) is 9.59 Å². The number of carbonyl (C=O) groups is 3. The van der Waals surface area contributed by atoms with E-state index in [-0.39, 0.29) is 24.2 Å². The molecule has 0 aliphatic rings. The van der Waals surface area contributed by atoms with Crippen molar-refractivity contribution in [3.05, 3.63) is 58.2 Å². The van der Waals surface area contributed by atoms with Gasteiger partial charge in [0.15, 0.2) is 5.78 Å². The van der Waals surface area contributed by atoms with Gasteiger partial charge in [0.05, 0.1) is 13.7 Å². The zero-order chi connectivity index (χ0) is 21.9. The summed E-state index contributed by atoms with van der Waals surface area (Å²) in [5.74, 6) is -1.42. The van der Waals surface area contributed by atoms with Crippen LogP contribution in [-0.2, 0) is 11.8 Å². The van der Waals surface area contributed by atoms with E-state index in [1.165, 1.54) is 36.3 Å². The Labute approximate surface area is 170 Å². The van der Waals surface area contributed by atoms with Crippen LogP contribution in [0.25, 0.3) is 0 Å². The van der Waals surface area contributed by atoms with E-state index in [9.17, 15) is 18.8 Å². The van der Waals surface area contributed by atoms with Crippen LogP contribution >= 0.6 is 0 Å². The summed E-state index contributed by atoms with van der Waals surface area (Å²) < 4.78 is 19.6. The van der Waals surface area contributed by atoms with E-state index >= 15 is 0 Å². The number of esters is 1. The largest absolute Gasteiger partial charge is 0.464 e. The number of hydrogen-bond donors (Lipinski definition) is 0. The van der Waals surface area contributed by atoms with Crippen molar-refractivity contribution < 1.29 is 23.5 Å². The SMILES string of the molecule is COC(=O)c1c(C)c(C(=O)CN(CC(C)C)C(=O)c2ccc(F)cc2)c(C)n1C. The van der Waals surface area contributed by atoms with Crippen LogP contribution in [0.5, 0.6) is 0 Å². The van der Waals surface area contributed by atoms with Crippen LogP contribution in [0, 0.1) is 25.6 Å². The van der Waals surface area contributed by atoms with Crippen LogP contribution in [-0.4, -0.2) is 47.3 Å². The number of ether oxygens (including phenoxy) is 1. The van der Waals surface area contributed by atoms with Gasteiger partial charge in [0, 0.05) is 30.4 Å². The first-order valence-electron chi connectivity index (χ1n) is 9.40. The van der Waals surface area contributed by atoms with E-state index < -0.39 is 11.8 Å². The third kappa shape index (κ3) is 4.72. The Kier molecular flexibility index (Phi) is 6.95. The maximum absolute atomic E-state index is 13.2. The Morgan fingerprint density at radius 1 is 1.14 bits per heavy atom. The van der Waals surface area contributed by atoms with Gasteiger partial charge in [0.25, 0.3) is 5.91 Å². The van der Waals surface area contributed by atoms with Crippen molar-refractivity contribution in [1.82, 2.24) is 9.47 Å². The number of rotatable bonds is 7. The van der Waals surface area contributed by atoms with Crippen molar-refractivity contribution in [2.45, 2.75) is 27.7 Å². The minimum Gasteiger partial charge on any atom is -0.464 e. The highest BCUT2D eigenvalue weighted by Gasteiger charge is 2.28. The molecule has 7 heteroatoms. The van der Waals surface area contributed by atoms with Crippen molar-refractivity contribution in [2.24, 2.45) is 13.0 Å². The molecule has 0 aliphatic heterocycles. The van der Waals surface area contributed by atoms with Gasteiger partial charge >= 0.3 is 5.97 Å². The standard InChI is InChI=1S/C22H27FN2O4/c1-13(2)11-25(21(27)16-7-9-17(23)10-8-16)12-18(26)19-14(3)20(22(28)29-6)24(5)15(19)4/h7-10,13H,11-12H2,1-6H3. The van der Waals surface area contributed by atoms with Gasteiger partial charge in [-0.2, -0.15) is 0 Å². The smallest absolute Gasteiger partial charge is 0.354 e. The highest BCUT2D eigenvalue weighted by Crippen LogP contribution is 2.23. The molecule has 0 N–H and O–H groups in total. The van der Waals surface area contributed by atoms with E-state index in [1.807, 2.05) is 13.8 Å². The number of benzene rings is 1. The number of amides is 1. The van der Waals surface area contributed by atoms with Gasteiger partial charge < -0.3 is 14.2 Å². The summed E-state index contributed by atoms with van der Waals surface area (Å²) in [5.41, 5.74) is 2.20. The van der Waals surface area contributed by atoms with E-state index in [1.54, 1.807) is 25.5 Å². The number of methoxy groups -OCH3 is 1. The molecule has 0 atom stereocenters. The van der Waals surface area contributed by atoms with Crippen LogP contribution in [0.4, 0.5) is 4.39 Å². The Hall–Kier alpha value is -2.96. The summed E-state index contributed by atoms with van der Waals surface area (Å²) in [7, 11) is 2.98. The second kappa shape index (κ2) is 9.03. The predicted molar refractivity (Wildman–Crippen MR) is 108 cm³/mol. The van der Waals surface area contributed by atoms with Crippen molar-refractivity contribution >= 4 is 17.7 Å². The van der Waals surface area contributed by atoms with Crippen LogP contribution in [0.1, 0.15) is 56.3 Å². The Morgan fingerprint density at radius 3 is 2.24 bits per heavy atom. The lowest BCUT2D eigenvalue weighted by molar-refractivity contribution is 0.0588. The maximum atomic E-state index is 13.2. The predicted octanol–water partition coefficient (Wildman–Crippen LogP) is 3.55. The van der Waals surface area contributed by atoms with Crippen molar-refractivity contribution in [1.29, 1.82) is 0 Å². The Balaban J connectivity index is 2.37. The summed E-state index contributed by atoms with van der Waals surface area (Å²) >= 11 is 0. The van der Waals surface area contributed by atoms with Gasteiger partial charge in [0.1, 0.15) is 11.5 Å². The van der Waals surface area contributed by atoms with Crippen LogP contribution in [0.3, 0.4) is 0 Å². The molecule has 0 aliphatic carbocycles. The summed E-state index contributed by atoms with van der Waals surface area (Å²) in [4.78, 5) is 39.6. The molecular formula is C22H27FN2O4. The zero-order valence-electron chi connectivity index (χ0n) is 17.7. The van der Waals surface area contributed by atoms with Gasteiger partial charge in [0.2, 0.25) is 0 Å². The topological polar surface area (TPSA) is 68.6 Å². The first-order chi connectivity index (χ1) is 13.6. The molecule has 1 amide bonds. The quantitative estimate of drug-likeness (QED) is 0.525. The van der Waals surface area contributed by atoms with E-state index in [0.717, 1.165) is 0 Å². The molecule has 0 bridgehead atoms. The average Bonchev–Trinajstić information content (AvgIpc) is 2.89. The maximum Gasteiger partial charge on any atom is 0.354 e. The molecule has 0 saturated carbocycles. The molecule has 0 radical (unpaired) electrons. The number of hydrogen-bond acceptors (Lipinski definition) is 4. The number of halogens is 1. The molecule has 0 fully saturated rings. The molecule has 156 valence electrons. The third-order valence-corrected chi connectivity index (χ3v) is 4.89. The molecule has 2 rings (SSSR count). The number of nitrogens with zero attached hydrogens (tertiary/aromatic N) is 2. The molecule has 1 aromatic carbocycles. The van der Waals surface area contributed by atoms with E-state index in [2.05, 4.69) is 0 Å². The third-order valence-electron chi connectivity index (χ3n) is 4.89. The number of ketones is 1. The Bertz CT molecular complexity index is 929. The molecule has 2 aromatic rings. The molecule has 29 heavy (non-hydrogen) atoms. The van der Waals surface area contributed by atoms with Crippen molar-refractivity contribution in [2.75, 3.05) is 20.2 Å². The molecule has 0 unspecified atom stereocenters. The van der Waals surface area contributed by atoms with Gasteiger partial charge in [-0.1, -0.05) is 13.8 Å². The number of Topliss-reactive ketones (excluding diaryl/α,β-unsaturated/α-hetero) is 1. The fourth-order valence-electron chi connectivity index (χ4n) is 3.46. The molecule has 0 saturated heterocycles. The summed E-state index contributed by atoms with van der Waals surface area (Å²) in [6.45, 7) is 7.58. The van der Waals surface area contributed by atoms with E-state index in [0.29, 0.717) is 34.6 Å². The molecule has 0 spiro atoms. The summed E-state index contributed by atoms with van der Waals surface area (Å²) in [6.07, 6.45) is 0. The number of aromatic nitrogens is 1.